The zero-order valence-corrected chi connectivity index (χ0v) is 22.8. The molecule has 2 aromatic rings. The summed E-state index contributed by atoms with van der Waals surface area (Å²) >= 11 is 0. The summed E-state index contributed by atoms with van der Waals surface area (Å²) < 4.78 is 31.8. The maximum absolute atomic E-state index is 13.6. The summed E-state index contributed by atoms with van der Waals surface area (Å²) in [6.45, 7) is 4.70. The van der Waals surface area contributed by atoms with E-state index in [1.165, 1.54) is 19.3 Å². The van der Waals surface area contributed by atoms with Gasteiger partial charge in [-0.3, -0.25) is 4.79 Å². The number of rotatable bonds is 6. The third-order valence-corrected chi connectivity index (χ3v) is 11.4. The Labute approximate surface area is 225 Å². The summed E-state index contributed by atoms with van der Waals surface area (Å²) in [7, 11) is -3.40. The number of sulfone groups is 1. The average Bonchev–Trinajstić information content (AvgIpc) is 3.49. The largest absolute Gasteiger partial charge is 0.378 e. The first-order valence-electron chi connectivity index (χ1n) is 14.2. The van der Waals surface area contributed by atoms with Crippen molar-refractivity contribution < 1.29 is 17.9 Å². The molecule has 4 fully saturated rings. The van der Waals surface area contributed by atoms with Crippen LogP contribution in [0.15, 0.2) is 41.3 Å². The highest BCUT2D eigenvalue weighted by Crippen LogP contribution is 2.49. The van der Waals surface area contributed by atoms with Crippen molar-refractivity contribution in [2.45, 2.75) is 67.9 Å². The van der Waals surface area contributed by atoms with E-state index in [4.69, 9.17) is 9.72 Å². The van der Waals surface area contributed by atoms with Gasteiger partial charge in [-0.1, -0.05) is 25.3 Å². The molecule has 1 N–H and O–H groups in total. The van der Waals surface area contributed by atoms with E-state index in [2.05, 4.69) is 15.1 Å². The SMILES string of the molecule is O=C(Nc1cccc(S(=O)(=O)C2CCCC2)c1)c1ccc(N2CCOCC2)nc1N1CCC2(CCC2)CC1. The molecule has 8 nitrogen and oxygen atoms in total. The normalized spacial score (nSPS) is 21.9. The number of amides is 1. The van der Waals surface area contributed by atoms with Crippen LogP contribution in [-0.4, -0.2) is 64.0 Å². The van der Waals surface area contributed by atoms with Crippen molar-refractivity contribution in [3.63, 3.8) is 0 Å². The molecule has 0 bridgehead atoms. The number of carbonyl (C=O) groups excluding carboxylic acids is 1. The van der Waals surface area contributed by atoms with Crippen molar-refractivity contribution in [2.75, 3.05) is 54.5 Å². The molecule has 4 aliphatic rings. The predicted octanol–water partition coefficient (Wildman–Crippen LogP) is 4.66. The van der Waals surface area contributed by atoms with E-state index < -0.39 is 9.84 Å². The first kappa shape index (κ1) is 25.6. The standard InChI is InChI=1S/C29H38N4O4S/c34-28(30-22-5-3-8-24(21-22)38(35,36)23-6-1-2-7-23)25-9-10-26(32-17-19-37-20-18-32)31-27(25)33-15-13-29(14-16-33)11-4-12-29/h3,5,8-10,21,23H,1-2,4,6-7,11-20H2,(H,30,34). The second-order valence-corrected chi connectivity index (χ2v) is 13.6. The van der Waals surface area contributed by atoms with Crippen molar-refractivity contribution in [1.29, 1.82) is 0 Å². The van der Waals surface area contributed by atoms with Crippen molar-refractivity contribution >= 4 is 33.1 Å². The third-order valence-electron chi connectivity index (χ3n) is 9.14. The van der Waals surface area contributed by atoms with Crippen LogP contribution in [0.5, 0.6) is 0 Å². The van der Waals surface area contributed by atoms with E-state index in [1.807, 2.05) is 12.1 Å². The van der Waals surface area contributed by atoms with E-state index in [0.29, 0.717) is 42.7 Å². The molecule has 3 heterocycles. The lowest BCUT2D eigenvalue weighted by molar-refractivity contribution is 0.0949. The average molecular weight is 539 g/mol. The van der Waals surface area contributed by atoms with Gasteiger partial charge in [0.2, 0.25) is 0 Å². The zero-order chi connectivity index (χ0) is 26.2. The van der Waals surface area contributed by atoms with Gasteiger partial charge in [0.05, 0.1) is 28.9 Å². The lowest BCUT2D eigenvalue weighted by Crippen LogP contribution is -2.44. The van der Waals surface area contributed by atoms with Gasteiger partial charge in [-0.15, -0.1) is 0 Å². The molecule has 6 rings (SSSR count). The molecule has 1 aromatic carbocycles. The molecule has 2 aliphatic carbocycles. The van der Waals surface area contributed by atoms with Crippen LogP contribution in [-0.2, 0) is 14.6 Å². The Morgan fingerprint density at radius 1 is 0.921 bits per heavy atom. The number of aromatic nitrogens is 1. The van der Waals surface area contributed by atoms with Gasteiger partial charge in [0.25, 0.3) is 5.91 Å². The highest BCUT2D eigenvalue weighted by Gasteiger charge is 2.40. The second-order valence-electron chi connectivity index (χ2n) is 11.4. The van der Waals surface area contributed by atoms with Crippen molar-refractivity contribution in [3.8, 4) is 0 Å². The molecule has 1 spiro atoms. The van der Waals surface area contributed by atoms with Crippen LogP contribution in [0.1, 0.15) is 68.1 Å². The van der Waals surface area contributed by atoms with Crippen molar-refractivity contribution in [2.24, 2.45) is 5.41 Å². The number of hydrogen-bond donors (Lipinski definition) is 1. The van der Waals surface area contributed by atoms with E-state index >= 15 is 0 Å². The van der Waals surface area contributed by atoms with E-state index in [9.17, 15) is 13.2 Å². The fourth-order valence-corrected chi connectivity index (χ4v) is 8.43. The van der Waals surface area contributed by atoms with Crippen LogP contribution < -0.4 is 15.1 Å². The summed E-state index contributed by atoms with van der Waals surface area (Å²) in [4.78, 5) is 23.4. The fourth-order valence-electron chi connectivity index (χ4n) is 6.54. The number of morpholine rings is 1. The Bertz CT molecular complexity index is 1270. The summed E-state index contributed by atoms with van der Waals surface area (Å²) in [5.74, 6) is 1.32. The van der Waals surface area contributed by atoms with Gasteiger partial charge in [0.15, 0.2) is 9.84 Å². The van der Waals surface area contributed by atoms with Gasteiger partial charge in [-0.2, -0.15) is 0 Å². The van der Waals surface area contributed by atoms with Gasteiger partial charge in [-0.05, 0) is 74.3 Å². The summed E-state index contributed by atoms with van der Waals surface area (Å²) in [6.07, 6.45) is 9.56. The Kier molecular flexibility index (Phi) is 7.07. The molecule has 1 amide bonds. The molecule has 0 atom stereocenters. The molecule has 0 radical (unpaired) electrons. The van der Waals surface area contributed by atoms with Crippen LogP contribution in [0.25, 0.3) is 0 Å². The molecular weight excluding hydrogens is 500 g/mol. The number of hydrogen-bond acceptors (Lipinski definition) is 7. The first-order chi connectivity index (χ1) is 18.4. The van der Waals surface area contributed by atoms with Crippen molar-refractivity contribution in [3.05, 3.63) is 42.0 Å². The Morgan fingerprint density at radius 3 is 2.34 bits per heavy atom. The fraction of sp³-hybridized carbons (Fsp3) is 0.586. The van der Waals surface area contributed by atoms with Crippen molar-refractivity contribution in [1.82, 2.24) is 4.98 Å². The molecular formula is C29H38N4O4S. The molecule has 2 saturated carbocycles. The molecule has 2 aliphatic heterocycles. The van der Waals surface area contributed by atoms with Crippen LogP contribution in [0, 0.1) is 5.41 Å². The third kappa shape index (κ3) is 5.02. The maximum Gasteiger partial charge on any atom is 0.259 e. The molecule has 204 valence electrons. The van der Waals surface area contributed by atoms with Gasteiger partial charge in [0.1, 0.15) is 11.6 Å². The first-order valence-corrected chi connectivity index (χ1v) is 15.7. The lowest BCUT2D eigenvalue weighted by Gasteiger charge is -2.48. The minimum Gasteiger partial charge on any atom is -0.378 e. The second kappa shape index (κ2) is 10.5. The Hall–Kier alpha value is -2.65. The number of piperidine rings is 1. The van der Waals surface area contributed by atoms with Crippen LogP contribution >= 0.6 is 0 Å². The number of nitrogens with zero attached hydrogens (tertiary/aromatic N) is 3. The summed E-state index contributed by atoms with van der Waals surface area (Å²) in [6, 6.07) is 10.5. The molecule has 38 heavy (non-hydrogen) atoms. The van der Waals surface area contributed by atoms with E-state index in [1.54, 1.807) is 24.3 Å². The van der Waals surface area contributed by atoms with E-state index in [-0.39, 0.29) is 16.1 Å². The zero-order valence-electron chi connectivity index (χ0n) is 22.0. The predicted molar refractivity (Wildman–Crippen MR) is 149 cm³/mol. The highest BCUT2D eigenvalue weighted by atomic mass is 32.2. The van der Waals surface area contributed by atoms with Crippen LogP contribution in [0.4, 0.5) is 17.3 Å². The Morgan fingerprint density at radius 2 is 1.66 bits per heavy atom. The van der Waals surface area contributed by atoms with Gasteiger partial charge >= 0.3 is 0 Å². The van der Waals surface area contributed by atoms with E-state index in [0.717, 1.165) is 63.5 Å². The lowest BCUT2D eigenvalue weighted by atomic mass is 9.63. The van der Waals surface area contributed by atoms with Gasteiger partial charge < -0.3 is 19.9 Å². The van der Waals surface area contributed by atoms with Crippen LogP contribution in [0.3, 0.4) is 0 Å². The van der Waals surface area contributed by atoms with Gasteiger partial charge in [0, 0.05) is 31.9 Å². The topological polar surface area (TPSA) is 91.8 Å². The smallest absolute Gasteiger partial charge is 0.259 e. The monoisotopic (exact) mass is 538 g/mol. The number of carbonyl (C=O) groups is 1. The molecule has 9 heteroatoms. The summed E-state index contributed by atoms with van der Waals surface area (Å²) in [5, 5.41) is 2.65. The highest BCUT2D eigenvalue weighted by molar-refractivity contribution is 7.92. The molecule has 2 saturated heterocycles. The number of benzene rings is 1. The molecule has 0 unspecified atom stereocenters. The van der Waals surface area contributed by atoms with Gasteiger partial charge in [-0.25, -0.2) is 13.4 Å². The maximum atomic E-state index is 13.6. The number of nitrogens with one attached hydrogen (secondary N) is 1. The minimum atomic E-state index is -3.40. The number of ether oxygens (including phenoxy) is 1. The van der Waals surface area contributed by atoms with Crippen LogP contribution in [0.2, 0.25) is 0 Å². The Balaban J connectivity index is 1.26. The summed E-state index contributed by atoms with van der Waals surface area (Å²) in [5.41, 5.74) is 1.51. The number of anilines is 3. The minimum absolute atomic E-state index is 0.264. The molecule has 1 aromatic heterocycles. The number of pyridine rings is 1. The quantitative estimate of drug-likeness (QED) is 0.572.